The van der Waals surface area contributed by atoms with Crippen LogP contribution in [0.25, 0.3) is 18.2 Å². The van der Waals surface area contributed by atoms with E-state index in [4.69, 9.17) is 14.2 Å². The van der Waals surface area contributed by atoms with Gasteiger partial charge in [0, 0.05) is 21.7 Å². The molecule has 0 fully saturated rings. The Hall–Kier alpha value is -4.16. The maximum atomic E-state index is 13.1. The fourth-order valence-electron chi connectivity index (χ4n) is 3.73. The van der Waals surface area contributed by atoms with E-state index >= 15 is 0 Å². The van der Waals surface area contributed by atoms with E-state index in [-0.39, 0.29) is 11.6 Å². The lowest BCUT2D eigenvalue weighted by Gasteiger charge is -2.12. The third-order valence-electron chi connectivity index (χ3n) is 5.77. The summed E-state index contributed by atoms with van der Waals surface area (Å²) in [6, 6.07) is 24.8. The zero-order valence-corrected chi connectivity index (χ0v) is 22.6. The largest absolute Gasteiger partial charge is 0.497 e. The van der Waals surface area contributed by atoms with Gasteiger partial charge in [0.05, 0.1) is 14.2 Å². The Labute approximate surface area is 230 Å². The minimum absolute atomic E-state index is 0.115. The van der Waals surface area contributed by atoms with Crippen molar-refractivity contribution in [2.75, 3.05) is 14.2 Å². The molecule has 0 amide bonds. The van der Waals surface area contributed by atoms with Crippen LogP contribution in [0, 0.1) is 5.82 Å². The minimum Gasteiger partial charge on any atom is -0.497 e. The summed E-state index contributed by atoms with van der Waals surface area (Å²) in [5.41, 5.74) is 4.02. The summed E-state index contributed by atoms with van der Waals surface area (Å²) >= 11 is 3.41. The lowest BCUT2D eigenvalue weighted by atomic mass is 10.0. The molecule has 0 atom stereocenters. The van der Waals surface area contributed by atoms with Gasteiger partial charge in [-0.3, -0.25) is 4.79 Å². The van der Waals surface area contributed by atoms with Crippen molar-refractivity contribution in [1.82, 2.24) is 0 Å². The molecule has 4 aromatic carbocycles. The molecule has 4 nitrogen and oxygen atoms in total. The summed E-state index contributed by atoms with van der Waals surface area (Å²) in [5.74, 6) is 1.56. The van der Waals surface area contributed by atoms with Crippen molar-refractivity contribution < 1.29 is 23.4 Å². The van der Waals surface area contributed by atoms with Gasteiger partial charge in [0.15, 0.2) is 5.78 Å². The smallest absolute Gasteiger partial charge is 0.185 e. The number of rotatable bonds is 10. The topological polar surface area (TPSA) is 44.8 Å². The normalized spacial score (nSPS) is 11.2. The number of allylic oxidation sites excluding steroid dienone is 1. The van der Waals surface area contributed by atoms with Crippen LogP contribution in [0.15, 0.2) is 95.5 Å². The number of carbonyl (C=O) groups excluding carboxylic acids is 1. The molecule has 0 radical (unpaired) electrons. The van der Waals surface area contributed by atoms with E-state index in [1.807, 2.05) is 54.6 Å². The van der Waals surface area contributed by atoms with Gasteiger partial charge in [0.1, 0.15) is 29.7 Å². The fraction of sp³-hybridized carbons (Fsp3) is 0.0938. The van der Waals surface area contributed by atoms with Gasteiger partial charge in [-0.25, -0.2) is 4.39 Å². The minimum atomic E-state index is -0.270. The maximum absolute atomic E-state index is 13.1. The van der Waals surface area contributed by atoms with E-state index < -0.39 is 0 Å². The van der Waals surface area contributed by atoms with E-state index in [9.17, 15) is 9.18 Å². The van der Waals surface area contributed by atoms with Crippen molar-refractivity contribution in [3.05, 3.63) is 129 Å². The molecule has 0 saturated carbocycles. The van der Waals surface area contributed by atoms with Crippen molar-refractivity contribution in [2.45, 2.75) is 6.61 Å². The second kappa shape index (κ2) is 12.9. The van der Waals surface area contributed by atoms with Crippen LogP contribution in [0.2, 0.25) is 0 Å². The van der Waals surface area contributed by atoms with E-state index in [0.29, 0.717) is 29.4 Å². The molecule has 0 spiro atoms. The number of hydrogen-bond donors (Lipinski definition) is 0. The molecular weight excluding hydrogens is 547 g/mol. The van der Waals surface area contributed by atoms with Gasteiger partial charge in [0.2, 0.25) is 0 Å². The highest BCUT2D eigenvalue weighted by Gasteiger charge is 2.10. The molecule has 0 saturated heterocycles. The van der Waals surface area contributed by atoms with Gasteiger partial charge < -0.3 is 14.2 Å². The molecule has 0 heterocycles. The van der Waals surface area contributed by atoms with E-state index in [2.05, 4.69) is 15.9 Å². The SMILES string of the molecule is COc1cc(/C=C/c2ccc(OCc3ccc(F)cc3)cc2)c(/C=C/C(=O)c2cccc(Br)c2)c(OC)c1. The molecule has 0 aliphatic carbocycles. The molecule has 0 aromatic heterocycles. The molecule has 4 rings (SSSR count). The molecule has 6 heteroatoms. The van der Waals surface area contributed by atoms with Gasteiger partial charge >= 0.3 is 0 Å². The second-order valence-electron chi connectivity index (χ2n) is 8.36. The number of ether oxygens (including phenoxy) is 3. The Bertz CT molecular complexity index is 1460. The summed E-state index contributed by atoms with van der Waals surface area (Å²) in [6.07, 6.45) is 7.21. The quantitative estimate of drug-likeness (QED) is 0.109. The van der Waals surface area contributed by atoms with Gasteiger partial charge in [-0.15, -0.1) is 0 Å². The van der Waals surface area contributed by atoms with Gasteiger partial charge in [-0.1, -0.05) is 64.5 Å². The highest BCUT2D eigenvalue weighted by molar-refractivity contribution is 9.10. The molecule has 38 heavy (non-hydrogen) atoms. The Morgan fingerprint density at radius 3 is 2.29 bits per heavy atom. The average molecular weight is 573 g/mol. The summed E-state index contributed by atoms with van der Waals surface area (Å²) < 4.78 is 30.8. The molecule has 4 aromatic rings. The van der Waals surface area contributed by atoms with E-state index in [1.165, 1.54) is 18.2 Å². The molecule has 0 aliphatic heterocycles. The van der Waals surface area contributed by atoms with Crippen molar-refractivity contribution in [2.24, 2.45) is 0 Å². The Kier molecular flexibility index (Phi) is 9.11. The van der Waals surface area contributed by atoms with Crippen molar-refractivity contribution in [3.63, 3.8) is 0 Å². The third-order valence-corrected chi connectivity index (χ3v) is 6.26. The summed E-state index contributed by atoms with van der Waals surface area (Å²) in [4.78, 5) is 12.8. The molecule has 0 unspecified atom stereocenters. The first-order valence-corrected chi connectivity index (χ1v) is 12.6. The van der Waals surface area contributed by atoms with Crippen molar-refractivity contribution in [3.8, 4) is 17.2 Å². The number of benzene rings is 4. The predicted octanol–water partition coefficient (Wildman–Crippen LogP) is 8.25. The first-order valence-electron chi connectivity index (χ1n) is 11.8. The highest BCUT2D eigenvalue weighted by atomic mass is 79.9. The fourth-order valence-corrected chi connectivity index (χ4v) is 4.13. The van der Waals surface area contributed by atoms with Gasteiger partial charge in [0.25, 0.3) is 0 Å². The Morgan fingerprint density at radius 1 is 0.842 bits per heavy atom. The summed E-state index contributed by atoms with van der Waals surface area (Å²) in [5, 5.41) is 0. The Morgan fingerprint density at radius 2 is 1.61 bits per heavy atom. The summed E-state index contributed by atoms with van der Waals surface area (Å²) in [6.45, 7) is 0.355. The monoisotopic (exact) mass is 572 g/mol. The average Bonchev–Trinajstić information content (AvgIpc) is 2.94. The van der Waals surface area contributed by atoms with Crippen LogP contribution >= 0.6 is 15.9 Å². The Balaban J connectivity index is 1.53. The van der Waals surface area contributed by atoms with Crippen LogP contribution in [0.1, 0.15) is 32.6 Å². The van der Waals surface area contributed by atoms with Crippen LogP contribution in [0.5, 0.6) is 17.2 Å². The van der Waals surface area contributed by atoms with Crippen LogP contribution < -0.4 is 14.2 Å². The van der Waals surface area contributed by atoms with E-state index in [1.54, 1.807) is 50.6 Å². The molecule has 192 valence electrons. The zero-order valence-electron chi connectivity index (χ0n) is 21.0. The molecule has 0 N–H and O–H groups in total. The molecule has 0 aliphatic rings. The van der Waals surface area contributed by atoms with Gasteiger partial charge in [-0.05, 0) is 71.3 Å². The predicted molar refractivity (Wildman–Crippen MR) is 153 cm³/mol. The molecule has 0 bridgehead atoms. The molecular formula is C32H26BrFO4. The lowest BCUT2D eigenvalue weighted by Crippen LogP contribution is -1.96. The first-order chi connectivity index (χ1) is 18.4. The number of hydrogen-bond acceptors (Lipinski definition) is 4. The van der Waals surface area contributed by atoms with Gasteiger partial charge in [-0.2, -0.15) is 0 Å². The number of ketones is 1. The highest BCUT2D eigenvalue weighted by Crippen LogP contribution is 2.32. The summed E-state index contributed by atoms with van der Waals surface area (Å²) in [7, 11) is 3.18. The third kappa shape index (κ3) is 7.20. The number of methoxy groups -OCH3 is 2. The second-order valence-corrected chi connectivity index (χ2v) is 9.27. The standard InChI is InChI=1S/C32H26BrFO4/c1-36-29-19-24(30(32(20-29)37-2)16-17-31(35)25-4-3-5-26(33)18-25)11-6-22-9-14-28(15-10-22)38-21-23-7-12-27(34)13-8-23/h3-20H,21H2,1-2H3/b11-6+,17-16+. The van der Waals surface area contributed by atoms with Crippen LogP contribution in [0.4, 0.5) is 4.39 Å². The van der Waals surface area contributed by atoms with Crippen LogP contribution in [-0.4, -0.2) is 20.0 Å². The van der Waals surface area contributed by atoms with Crippen LogP contribution in [-0.2, 0) is 6.61 Å². The lowest BCUT2D eigenvalue weighted by molar-refractivity contribution is 0.104. The van der Waals surface area contributed by atoms with E-state index in [0.717, 1.165) is 26.7 Å². The number of halogens is 2. The number of carbonyl (C=O) groups is 1. The van der Waals surface area contributed by atoms with Crippen molar-refractivity contribution >= 4 is 39.9 Å². The van der Waals surface area contributed by atoms with Crippen molar-refractivity contribution in [1.29, 1.82) is 0 Å². The first kappa shape index (κ1) is 26.9. The maximum Gasteiger partial charge on any atom is 0.185 e. The van der Waals surface area contributed by atoms with Crippen LogP contribution in [0.3, 0.4) is 0 Å². The zero-order chi connectivity index (χ0) is 26.9.